The van der Waals surface area contributed by atoms with Gasteiger partial charge in [-0.2, -0.15) is 0 Å². The molecule has 1 atom stereocenters. The van der Waals surface area contributed by atoms with Crippen LogP contribution in [0.5, 0.6) is 11.5 Å². The molecule has 1 aromatic rings. The highest BCUT2D eigenvalue weighted by Gasteiger charge is 2.18. The number of phenolic OH excluding ortho intramolecular Hbond substituents is 2. The van der Waals surface area contributed by atoms with Gasteiger partial charge in [0.25, 0.3) is 0 Å². The molecule has 1 aliphatic rings. The van der Waals surface area contributed by atoms with Crippen molar-refractivity contribution in [2.45, 2.75) is 6.04 Å². The molecule has 76 valence electrons. The summed E-state index contributed by atoms with van der Waals surface area (Å²) in [7, 11) is 0. The third-order valence-electron chi connectivity index (χ3n) is 2.31. The zero-order valence-electron chi connectivity index (χ0n) is 7.73. The number of rotatable bonds is 1. The van der Waals surface area contributed by atoms with E-state index < -0.39 is 0 Å². The SMILES string of the molecule is Oc1ccc(O)c(C2COCCN2)c1. The van der Waals surface area contributed by atoms with Crippen molar-refractivity contribution in [3.8, 4) is 11.5 Å². The molecule has 0 aliphatic carbocycles. The van der Waals surface area contributed by atoms with Crippen molar-refractivity contribution < 1.29 is 14.9 Å². The number of benzene rings is 1. The van der Waals surface area contributed by atoms with Crippen LogP contribution in [0.1, 0.15) is 11.6 Å². The highest BCUT2D eigenvalue weighted by Crippen LogP contribution is 2.28. The van der Waals surface area contributed by atoms with Crippen LogP contribution in [-0.2, 0) is 4.74 Å². The molecule has 14 heavy (non-hydrogen) atoms. The third-order valence-corrected chi connectivity index (χ3v) is 2.31. The van der Waals surface area contributed by atoms with Crippen LogP contribution in [0.15, 0.2) is 18.2 Å². The molecule has 3 N–H and O–H groups in total. The summed E-state index contributed by atoms with van der Waals surface area (Å²) in [5, 5.41) is 22.1. The molecule has 1 saturated heterocycles. The molecular weight excluding hydrogens is 182 g/mol. The number of ether oxygens (including phenoxy) is 1. The Morgan fingerprint density at radius 3 is 2.93 bits per heavy atom. The normalized spacial score (nSPS) is 22.1. The second-order valence-corrected chi connectivity index (χ2v) is 3.32. The van der Waals surface area contributed by atoms with Crippen LogP contribution < -0.4 is 5.32 Å². The lowest BCUT2D eigenvalue weighted by molar-refractivity contribution is 0.0760. The molecule has 0 spiro atoms. The van der Waals surface area contributed by atoms with Crippen LogP contribution in [0.2, 0.25) is 0 Å². The van der Waals surface area contributed by atoms with Crippen LogP contribution in [0.4, 0.5) is 0 Å². The van der Waals surface area contributed by atoms with Crippen LogP contribution >= 0.6 is 0 Å². The highest BCUT2D eigenvalue weighted by molar-refractivity contribution is 5.40. The van der Waals surface area contributed by atoms with E-state index in [-0.39, 0.29) is 17.5 Å². The van der Waals surface area contributed by atoms with E-state index >= 15 is 0 Å². The first kappa shape index (κ1) is 9.30. The van der Waals surface area contributed by atoms with Gasteiger partial charge in [0.05, 0.1) is 19.3 Å². The van der Waals surface area contributed by atoms with Crippen LogP contribution in [0.25, 0.3) is 0 Å². The molecule has 1 aromatic carbocycles. The van der Waals surface area contributed by atoms with Gasteiger partial charge in [-0.05, 0) is 18.2 Å². The molecule has 4 heteroatoms. The minimum absolute atomic E-state index is 0.0316. The maximum Gasteiger partial charge on any atom is 0.120 e. The van der Waals surface area contributed by atoms with Gasteiger partial charge in [0.15, 0.2) is 0 Å². The first-order chi connectivity index (χ1) is 6.77. The van der Waals surface area contributed by atoms with E-state index in [0.29, 0.717) is 18.8 Å². The summed E-state index contributed by atoms with van der Waals surface area (Å²) in [6.45, 7) is 1.98. The Morgan fingerprint density at radius 2 is 2.21 bits per heavy atom. The molecular formula is C10H13NO3. The molecule has 0 amide bonds. The summed E-state index contributed by atoms with van der Waals surface area (Å²) < 4.78 is 5.28. The van der Waals surface area contributed by atoms with E-state index in [1.54, 1.807) is 6.07 Å². The van der Waals surface area contributed by atoms with Crippen molar-refractivity contribution in [3.05, 3.63) is 23.8 Å². The highest BCUT2D eigenvalue weighted by atomic mass is 16.5. The van der Waals surface area contributed by atoms with Crippen molar-refractivity contribution in [2.75, 3.05) is 19.8 Å². The predicted octanol–water partition coefficient (Wildman–Crippen LogP) is 0.759. The smallest absolute Gasteiger partial charge is 0.120 e. The number of hydrogen-bond acceptors (Lipinski definition) is 4. The molecule has 1 heterocycles. The average Bonchev–Trinajstić information content (AvgIpc) is 2.23. The van der Waals surface area contributed by atoms with Gasteiger partial charge >= 0.3 is 0 Å². The van der Waals surface area contributed by atoms with Gasteiger partial charge in [-0.3, -0.25) is 0 Å². The Morgan fingerprint density at radius 1 is 1.36 bits per heavy atom. The molecule has 0 aromatic heterocycles. The maximum absolute atomic E-state index is 9.58. The molecule has 1 aliphatic heterocycles. The van der Waals surface area contributed by atoms with Crippen molar-refractivity contribution >= 4 is 0 Å². The number of morpholine rings is 1. The Bertz CT molecular complexity index is 321. The summed E-state index contributed by atoms with van der Waals surface area (Å²) in [6, 6.07) is 4.47. The fourth-order valence-electron chi connectivity index (χ4n) is 1.59. The zero-order valence-corrected chi connectivity index (χ0v) is 7.73. The Labute approximate surface area is 82.1 Å². The molecule has 0 bridgehead atoms. The largest absolute Gasteiger partial charge is 0.508 e. The average molecular weight is 195 g/mol. The summed E-state index contributed by atoms with van der Waals surface area (Å²) >= 11 is 0. The van der Waals surface area contributed by atoms with E-state index in [9.17, 15) is 10.2 Å². The Kier molecular flexibility index (Phi) is 2.56. The van der Waals surface area contributed by atoms with Gasteiger partial charge in [-0.15, -0.1) is 0 Å². The van der Waals surface area contributed by atoms with Crippen molar-refractivity contribution in [3.63, 3.8) is 0 Å². The number of phenols is 2. The first-order valence-corrected chi connectivity index (χ1v) is 4.60. The lowest BCUT2D eigenvalue weighted by Crippen LogP contribution is -2.34. The summed E-state index contributed by atoms with van der Waals surface area (Å²) in [6.07, 6.45) is 0. The molecule has 0 radical (unpaired) electrons. The second-order valence-electron chi connectivity index (χ2n) is 3.32. The van der Waals surface area contributed by atoms with Crippen LogP contribution in [0, 0.1) is 0 Å². The second kappa shape index (κ2) is 3.86. The lowest BCUT2D eigenvalue weighted by Gasteiger charge is -2.24. The number of hydrogen-bond donors (Lipinski definition) is 3. The minimum Gasteiger partial charge on any atom is -0.508 e. The van der Waals surface area contributed by atoms with Gasteiger partial charge in [-0.1, -0.05) is 0 Å². The van der Waals surface area contributed by atoms with E-state index in [1.165, 1.54) is 12.1 Å². The lowest BCUT2D eigenvalue weighted by atomic mass is 10.1. The van der Waals surface area contributed by atoms with Crippen LogP contribution in [0.3, 0.4) is 0 Å². The standard InChI is InChI=1S/C10H13NO3/c12-7-1-2-10(13)8(5-7)9-6-14-4-3-11-9/h1-2,5,9,11-13H,3-4,6H2. The van der Waals surface area contributed by atoms with Crippen molar-refractivity contribution in [1.29, 1.82) is 0 Å². The zero-order chi connectivity index (χ0) is 9.97. The van der Waals surface area contributed by atoms with Gasteiger partial charge in [0.2, 0.25) is 0 Å². The number of nitrogens with one attached hydrogen (secondary N) is 1. The molecule has 1 fully saturated rings. The fourth-order valence-corrected chi connectivity index (χ4v) is 1.59. The molecule has 0 saturated carbocycles. The summed E-state index contributed by atoms with van der Waals surface area (Å²) in [4.78, 5) is 0. The van der Waals surface area contributed by atoms with Gasteiger partial charge in [-0.25, -0.2) is 0 Å². The summed E-state index contributed by atoms with van der Waals surface area (Å²) in [5.41, 5.74) is 0.685. The molecule has 4 nitrogen and oxygen atoms in total. The van der Waals surface area contributed by atoms with Crippen molar-refractivity contribution in [2.24, 2.45) is 0 Å². The monoisotopic (exact) mass is 195 g/mol. The Hall–Kier alpha value is -1.26. The van der Waals surface area contributed by atoms with E-state index in [4.69, 9.17) is 4.74 Å². The molecule has 2 rings (SSSR count). The topological polar surface area (TPSA) is 61.7 Å². The number of aromatic hydroxyl groups is 2. The van der Waals surface area contributed by atoms with Gasteiger partial charge < -0.3 is 20.3 Å². The van der Waals surface area contributed by atoms with Gasteiger partial charge in [0, 0.05) is 12.1 Å². The van der Waals surface area contributed by atoms with Crippen LogP contribution in [-0.4, -0.2) is 30.0 Å². The minimum atomic E-state index is -0.0316. The predicted molar refractivity (Wildman–Crippen MR) is 51.3 cm³/mol. The summed E-state index contributed by atoms with van der Waals surface area (Å²) in [5.74, 6) is 0.343. The maximum atomic E-state index is 9.58. The third kappa shape index (κ3) is 1.81. The van der Waals surface area contributed by atoms with Crippen molar-refractivity contribution in [1.82, 2.24) is 5.32 Å². The first-order valence-electron chi connectivity index (χ1n) is 4.60. The quantitative estimate of drug-likeness (QED) is 0.579. The van der Waals surface area contributed by atoms with E-state index in [2.05, 4.69) is 5.32 Å². The van der Waals surface area contributed by atoms with E-state index in [1.807, 2.05) is 0 Å². The van der Waals surface area contributed by atoms with Gasteiger partial charge in [0.1, 0.15) is 11.5 Å². The molecule has 1 unspecified atom stereocenters. The Balaban J connectivity index is 2.24. The fraction of sp³-hybridized carbons (Fsp3) is 0.400. The van der Waals surface area contributed by atoms with E-state index in [0.717, 1.165) is 6.54 Å².